The minimum Gasteiger partial charge on any atom is -0.402 e. The average Bonchev–Trinajstić information content (AvgIpc) is 3.54. The number of hydrogen-bond donors (Lipinski definition) is 1. The number of phosphoric ester groups is 1. The van der Waals surface area contributed by atoms with E-state index in [0.717, 1.165) is 19.3 Å². The fourth-order valence-corrected chi connectivity index (χ4v) is 11.0. The van der Waals surface area contributed by atoms with Gasteiger partial charge in [0, 0.05) is 13.0 Å². The zero-order chi connectivity index (χ0) is 48.9. The standard InChI is InChI=1S/C51H67ClFN6O9P/c1-4-5-6-7-8-9-10-11-12-13-14-15-16-17-18-21-28-61-33-39(62-32-37-24-25-41(53)38(29-37)31-54)34-63-69(60,66-43-23-20-19-22-40(43)52)67-45-30-50(45)46-47(65-49(2,3)64-46)51(35-55,68-50)44-27-26-42-48(56)57-36-58-59(42)44/h19-20,22-27,29,36,39,45-47H,4-18,21,28,30,32-34H2,1-3H3,(H2,56,57,58)/t39-,45+,46+,47-,50+,51+,69?/m1/s1. The van der Waals surface area contributed by atoms with Crippen molar-refractivity contribution >= 4 is 30.8 Å². The van der Waals surface area contributed by atoms with Crippen LogP contribution in [0.3, 0.4) is 0 Å². The number of halogens is 2. The highest BCUT2D eigenvalue weighted by Gasteiger charge is 2.80. The van der Waals surface area contributed by atoms with Gasteiger partial charge < -0.3 is 33.9 Å². The SMILES string of the molecule is CCCCCCCCCCCCCCCCCCOC[C@H](COP(=O)(Oc1ccccc1Cl)O[C@H]1C[C@]12O[C@@](C#N)(c1ccc3c(N)ncnn13)[C@@H]1OC(C)(C)O[C@@H]12)OCc1ccc(F)c(C#N)c1. The van der Waals surface area contributed by atoms with Gasteiger partial charge in [-0.25, -0.2) is 18.5 Å². The third kappa shape index (κ3) is 13.2. The Morgan fingerprint density at radius 1 is 0.913 bits per heavy atom. The molecule has 1 unspecified atom stereocenters. The molecule has 2 aromatic heterocycles. The Hall–Kier alpha value is -4.19. The second kappa shape index (κ2) is 24.3. The molecular formula is C51H67ClFN6O9P. The first-order valence-corrected chi connectivity index (χ1v) is 26.5. The molecule has 69 heavy (non-hydrogen) atoms. The van der Waals surface area contributed by atoms with E-state index in [1.54, 1.807) is 44.2 Å². The molecule has 2 N–H and O–H groups in total. The highest BCUT2D eigenvalue weighted by Crippen LogP contribution is 2.67. The summed E-state index contributed by atoms with van der Waals surface area (Å²) in [7, 11) is -4.63. The van der Waals surface area contributed by atoms with Crippen molar-refractivity contribution in [1.29, 1.82) is 10.5 Å². The molecular weight excluding hydrogens is 926 g/mol. The van der Waals surface area contributed by atoms with Crippen molar-refractivity contribution in [3.63, 3.8) is 0 Å². The third-order valence-electron chi connectivity index (χ3n) is 13.1. The van der Waals surface area contributed by atoms with Crippen LogP contribution in [-0.4, -0.2) is 70.2 Å². The topological polar surface area (TPSA) is 195 Å². The zero-order valence-electron chi connectivity index (χ0n) is 40.1. The molecule has 1 saturated carbocycles. The lowest BCUT2D eigenvalue weighted by Crippen LogP contribution is -2.40. The molecule has 2 saturated heterocycles. The van der Waals surface area contributed by atoms with E-state index in [1.165, 1.54) is 119 Å². The number of benzene rings is 2. The fraction of sp³-hybridized carbons (Fsp3) is 0.608. The highest BCUT2D eigenvalue weighted by atomic mass is 35.5. The van der Waals surface area contributed by atoms with Gasteiger partial charge in [-0.05, 0) is 62.2 Å². The number of fused-ring (bicyclic) bond motifs is 3. The summed E-state index contributed by atoms with van der Waals surface area (Å²) in [5, 5.41) is 24.9. The van der Waals surface area contributed by atoms with Gasteiger partial charge >= 0.3 is 7.82 Å². The summed E-state index contributed by atoms with van der Waals surface area (Å²) in [4.78, 5) is 4.08. The molecule has 0 radical (unpaired) electrons. The quantitative estimate of drug-likeness (QED) is 0.0383. The van der Waals surface area contributed by atoms with E-state index in [4.69, 9.17) is 54.6 Å². The summed E-state index contributed by atoms with van der Waals surface area (Å²) in [6, 6.07) is 18.2. The maximum atomic E-state index is 15.0. The Bertz CT molecular complexity index is 2450. The minimum atomic E-state index is -4.63. The number of ether oxygens (including phenoxy) is 5. The van der Waals surface area contributed by atoms with Gasteiger partial charge in [0.25, 0.3) is 0 Å². The van der Waals surface area contributed by atoms with Crippen LogP contribution < -0.4 is 10.3 Å². The summed E-state index contributed by atoms with van der Waals surface area (Å²) in [6.07, 6.45) is 18.0. The van der Waals surface area contributed by atoms with Crippen LogP contribution in [0.1, 0.15) is 147 Å². The number of phosphoric acid groups is 1. The second-order valence-corrected chi connectivity index (χ2v) is 20.8. The number of hydrogen-bond acceptors (Lipinski definition) is 14. The van der Waals surface area contributed by atoms with E-state index in [2.05, 4.69) is 23.1 Å². The van der Waals surface area contributed by atoms with Gasteiger partial charge in [0.05, 0.1) is 36.1 Å². The summed E-state index contributed by atoms with van der Waals surface area (Å²) in [6.45, 7) is 5.90. The molecule has 4 aromatic rings. The number of nitrogens with zero attached hydrogens (tertiary/aromatic N) is 5. The van der Waals surface area contributed by atoms with Gasteiger partial charge in [0.1, 0.15) is 65.6 Å². The zero-order valence-corrected chi connectivity index (χ0v) is 41.8. The number of nitrogen functional groups attached to an aromatic ring is 1. The first-order chi connectivity index (χ1) is 33.4. The van der Waals surface area contributed by atoms with E-state index in [1.807, 2.05) is 6.07 Å². The lowest BCUT2D eigenvalue weighted by molar-refractivity contribution is -0.210. The molecule has 4 heterocycles. The summed E-state index contributed by atoms with van der Waals surface area (Å²) in [5.41, 5.74) is 4.27. The monoisotopic (exact) mass is 992 g/mol. The van der Waals surface area contributed by atoms with Crippen LogP contribution in [0, 0.1) is 28.5 Å². The molecule has 1 spiro atoms. The van der Waals surface area contributed by atoms with Crippen LogP contribution in [0.15, 0.2) is 60.9 Å². The van der Waals surface area contributed by atoms with Crippen LogP contribution in [0.5, 0.6) is 5.75 Å². The maximum absolute atomic E-state index is 15.0. The summed E-state index contributed by atoms with van der Waals surface area (Å²) in [5.74, 6) is -1.53. The van der Waals surface area contributed by atoms with Crippen molar-refractivity contribution in [2.24, 2.45) is 0 Å². The largest absolute Gasteiger partial charge is 0.530 e. The molecule has 0 amide bonds. The van der Waals surface area contributed by atoms with Gasteiger partial charge in [-0.15, -0.1) is 0 Å². The summed E-state index contributed by atoms with van der Waals surface area (Å²) >= 11 is 6.51. The van der Waals surface area contributed by atoms with Gasteiger partial charge in [-0.1, -0.05) is 133 Å². The Kier molecular flexibility index (Phi) is 18.5. The Morgan fingerprint density at radius 3 is 2.25 bits per heavy atom. The molecule has 0 bridgehead atoms. The first kappa shape index (κ1) is 52.6. The van der Waals surface area contributed by atoms with E-state index < -0.39 is 55.0 Å². The highest BCUT2D eigenvalue weighted by molar-refractivity contribution is 7.49. The number of nitriles is 2. The molecule has 2 aliphatic heterocycles. The van der Waals surface area contributed by atoms with Crippen LogP contribution >= 0.6 is 19.4 Å². The van der Waals surface area contributed by atoms with Gasteiger partial charge in [-0.2, -0.15) is 15.6 Å². The van der Waals surface area contributed by atoms with Crippen molar-refractivity contribution in [2.75, 3.05) is 25.6 Å². The number of aromatic nitrogens is 3. The Morgan fingerprint density at radius 2 is 1.58 bits per heavy atom. The van der Waals surface area contributed by atoms with Crippen molar-refractivity contribution in [3.05, 3.63) is 88.6 Å². The van der Waals surface area contributed by atoms with Crippen LogP contribution in [0.4, 0.5) is 10.2 Å². The van der Waals surface area contributed by atoms with Gasteiger partial charge in [0.2, 0.25) is 5.60 Å². The molecule has 374 valence electrons. The van der Waals surface area contributed by atoms with Gasteiger partial charge in [0.15, 0.2) is 11.6 Å². The lowest BCUT2D eigenvalue weighted by Gasteiger charge is -2.29. The smallest absolute Gasteiger partial charge is 0.402 e. The van der Waals surface area contributed by atoms with Crippen molar-refractivity contribution in [2.45, 2.75) is 178 Å². The van der Waals surface area contributed by atoms with Crippen LogP contribution in [-0.2, 0) is 49.5 Å². The molecule has 3 aliphatic rings. The third-order valence-corrected chi connectivity index (χ3v) is 14.8. The molecule has 7 rings (SSSR count). The predicted molar refractivity (Wildman–Crippen MR) is 258 cm³/mol. The number of rotatable bonds is 30. The normalized spacial score (nSPS) is 23.7. The molecule has 1 aliphatic carbocycles. The van der Waals surface area contributed by atoms with Crippen LogP contribution in [0.25, 0.3) is 5.52 Å². The predicted octanol–water partition coefficient (Wildman–Crippen LogP) is 11.8. The van der Waals surface area contributed by atoms with Gasteiger partial charge in [-0.3, -0.25) is 9.05 Å². The fourth-order valence-electron chi connectivity index (χ4n) is 9.29. The summed E-state index contributed by atoms with van der Waals surface area (Å²) < 4.78 is 81.1. The number of anilines is 1. The van der Waals surface area contributed by atoms with E-state index in [9.17, 15) is 14.9 Å². The van der Waals surface area contributed by atoms with Crippen molar-refractivity contribution in [1.82, 2.24) is 14.6 Å². The number of nitrogens with two attached hydrogens (primary N) is 1. The van der Waals surface area contributed by atoms with Crippen LogP contribution in [0.2, 0.25) is 5.02 Å². The minimum absolute atomic E-state index is 0.0288. The van der Waals surface area contributed by atoms with E-state index in [0.29, 0.717) is 23.4 Å². The van der Waals surface area contributed by atoms with Crippen molar-refractivity contribution in [3.8, 4) is 17.9 Å². The number of para-hydroxylation sites is 1. The van der Waals surface area contributed by atoms with Crippen molar-refractivity contribution < 1.29 is 46.2 Å². The van der Waals surface area contributed by atoms with E-state index in [-0.39, 0.29) is 48.4 Å². The lowest BCUT2D eigenvalue weighted by atomic mass is 9.92. The number of unbranched alkanes of at least 4 members (excludes halogenated alkanes) is 15. The first-order valence-electron chi connectivity index (χ1n) is 24.7. The Balaban J connectivity index is 0.981. The maximum Gasteiger partial charge on any atom is 0.530 e. The second-order valence-electron chi connectivity index (χ2n) is 18.8. The van der Waals surface area contributed by atoms with E-state index >= 15 is 4.57 Å². The average molecular weight is 994 g/mol. The Labute approximate surface area is 410 Å². The molecule has 15 nitrogen and oxygen atoms in total. The molecule has 7 atom stereocenters. The molecule has 3 fully saturated rings. The molecule has 2 aromatic carbocycles. The molecule has 18 heteroatoms.